The highest BCUT2D eigenvalue weighted by Crippen LogP contribution is 2.19. The second-order valence-electron chi connectivity index (χ2n) is 6.21. The number of rotatable bonds is 4. The molecule has 0 amide bonds. The van der Waals surface area contributed by atoms with E-state index in [2.05, 4.69) is 21.8 Å². The van der Waals surface area contributed by atoms with E-state index in [-0.39, 0.29) is 11.5 Å². The summed E-state index contributed by atoms with van der Waals surface area (Å²) in [5, 5.41) is 0. The first-order chi connectivity index (χ1) is 10.6. The Morgan fingerprint density at radius 1 is 1.36 bits per heavy atom. The van der Waals surface area contributed by atoms with E-state index >= 15 is 0 Å². The van der Waals surface area contributed by atoms with Crippen molar-refractivity contribution in [1.82, 2.24) is 14.9 Å². The number of furan rings is 1. The van der Waals surface area contributed by atoms with Crippen molar-refractivity contribution in [2.75, 3.05) is 6.54 Å². The molecule has 0 saturated carbocycles. The summed E-state index contributed by atoms with van der Waals surface area (Å²) in [5.41, 5.74) is 1.77. The van der Waals surface area contributed by atoms with Crippen LogP contribution in [0.1, 0.15) is 55.3 Å². The molecular weight excluding hydrogens is 278 g/mol. The first-order valence-electron chi connectivity index (χ1n) is 7.98. The van der Waals surface area contributed by atoms with Crippen LogP contribution in [0.2, 0.25) is 0 Å². The third-order valence-corrected chi connectivity index (χ3v) is 4.16. The number of aromatic nitrogens is 2. The van der Waals surface area contributed by atoms with Gasteiger partial charge in [-0.25, -0.2) is 4.98 Å². The van der Waals surface area contributed by atoms with Gasteiger partial charge in [0.25, 0.3) is 5.56 Å². The van der Waals surface area contributed by atoms with E-state index in [0.717, 1.165) is 54.5 Å². The molecule has 3 rings (SSSR count). The van der Waals surface area contributed by atoms with Crippen molar-refractivity contribution in [3.63, 3.8) is 0 Å². The molecule has 0 spiro atoms. The van der Waals surface area contributed by atoms with Crippen LogP contribution in [0.3, 0.4) is 0 Å². The van der Waals surface area contributed by atoms with Crippen LogP contribution < -0.4 is 5.56 Å². The molecule has 3 heterocycles. The topological polar surface area (TPSA) is 62.1 Å². The highest BCUT2D eigenvalue weighted by Gasteiger charge is 2.22. The minimum Gasteiger partial charge on any atom is -0.465 e. The zero-order chi connectivity index (χ0) is 15.7. The smallest absolute Gasteiger partial charge is 0.255 e. The predicted octanol–water partition coefficient (Wildman–Crippen LogP) is 2.61. The molecule has 5 heteroatoms. The predicted molar refractivity (Wildman–Crippen MR) is 84.9 cm³/mol. The Labute approximate surface area is 130 Å². The van der Waals surface area contributed by atoms with Gasteiger partial charge < -0.3 is 9.40 Å². The molecule has 2 aromatic rings. The fraction of sp³-hybridized carbons (Fsp3) is 0.529. The van der Waals surface area contributed by atoms with Gasteiger partial charge in [-0.2, -0.15) is 0 Å². The fourth-order valence-electron chi connectivity index (χ4n) is 2.83. The molecule has 1 aliphatic rings. The van der Waals surface area contributed by atoms with Crippen LogP contribution in [-0.2, 0) is 25.9 Å². The van der Waals surface area contributed by atoms with Crippen LogP contribution in [-0.4, -0.2) is 21.4 Å². The van der Waals surface area contributed by atoms with Crippen molar-refractivity contribution in [2.45, 2.75) is 52.6 Å². The Bertz CT molecular complexity index is 715. The van der Waals surface area contributed by atoms with E-state index in [1.54, 1.807) is 0 Å². The van der Waals surface area contributed by atoms with Crippen molar-refractivity contribution in [2.24, 2.45) is 0 Å². The molecule has 2 aromatic heterocycles. The lowest BCUT2D eigenvalue weighted by molar-refractivity contribution is 0.220. The lowest BCUT2D eigenvalue weighted by atomic mass is 10.1. The van der Waals surface area contributed by atoms with E-state index < -0.39 is 0 Å². The van der Waals surface area contributed by atoms with Gasteiger partial charge in [-0.3, -0.25) is 9.69 Å². The SMILES string of the molecule is CCc1ccc(CN2CCc3nc(C(C)C)[nH]c(=O)c3C2)o1. The Kier molecular flexibility index (Phi) is 4.16. The third kappa shape index (κ3) is 2.99. The minimum atomic E-state index is 0.00657. The number of aryl methyl sites for hydroxylation is 1. The van der Waals surface area contributed by atoms with Gasteiger partial charge in [0.15, 0.2) is 0 Å². The van der Waals surface area contributed by atoms with Gasteiger partial charge in [0, 0.05) is 31.8 Å². The van der Waals surface area contributed by atoms with Crippen LogP contribution in [0.5, 0.6) is 0 Å². The van der Waals surface area contributed by atoms with Gasteiger partial charge in [-0.15, -0.1) is 0 Å². The van der Waals surface area contributed by atoms with Gasteiger partial charge in [-0.05, 0) is 12.1 Å². The zero-order valence-electron chi connectivity index (χ0n) is 13.5. The zero-order valence-corrected chi connectivity index (χ0v) is 13.5. The lowest BCUT2D eigenvalue weighted by Crippen LogP contribution is -2.35. The summed E-state index contributed by atoms with van der Waals surface area (Å²) in [4.78, 5) is 22.1. The van der Waals surface area contributed by atoms with E-state index in [1.165, 1.54) is 0 Å². The van der Waals surface area contributed by atoms with Crippen LogP contribution in [0.25, 0.3) is 0 Å². The lowest BCUT2D eigenvalue weighted by Gasteiger charge is -2.27. The summed E-state index contributed by atoms with van der Waals surface area (Å²) in [6.07, 6.45) is 1.73. The average molecular weight is 301 g/mol. The van der Waals surface area contributed by atoms with Crippen LogP contribution >= 0.6 is 0 Å². The van der Waals surface area contributed by atoms with E-state index in [0.29, 0.717) is 6.54 Å². The molecule has 118 valence electrons. The summed E-state index contributed by atoms with van der Waals surface area (Å²) in [6, 6.07) is 4.05. The highest BCUT2D eigenvalue weighted by atomic mass is 16.3. The molecule has 0 aromatic carbocycles. The quantitative estimate of drug-likeness (QED) is 0.943. The Morgan fingerprint density at radius 3 is 2.82 bits per heavy atom. The van der Waals surface area contributed by atoms with Crippen LogP contribution in [0.4, 0.5) is 0 Å². The second-order valence-corrected chi connectivity index (χ2v) is 6.21. The van der Waals surface area contributed by atoms with E-state index in [1.807, 2.05) is 26.0 Å². The number of hydrogen-bond acceptors (Lipinski definition) is 4. The number of fused-ring (bicyclic) bond motifs is 1. The van der Waals surface area contributed by atoms with Crippen LogP contribution in [0, 0.1) is 0 Å². The maximum Gasteiger partial charge on any atom is 0.255 e. The largest absolute Gasteiger partial charge is 0.465 e. The van der Waals surface area contributed by atoms with Gasteiger partial charge >= 0.3 is 0 Å². The molecule has 22 heavy (non-hydrogen) atoms. The molecule has 1 aliphatic heterocycles. The molecule has 0 unspecified atom stereocenters. The van der Waals surface area contributed by atoms with E-state index in [4.69, 9.17) is 4.42 Å². The maximum absolute atomic E-state index is 12.3. The minimum absolute atomic E-state index is 0.00657. The monoisotopic (exact) mass is 301 g/mol. The summed E-state index contributed by atoms with van der Waals surface area (Å²) in [6.45, 7) is 8.45. The Morgan fingerprint density at radius 2 is 2.14 bits per heavy atom. The number of nitrogens with zero attached hydrogens (tertiary/aromatic N) is 2. The highest BCUT2D eigenvalue weighted by molar-refractivity contribution is 5.22. The summed E-state index contributed by atoms with van der Waals surface area (Å²) < 4.78 is 5.76. The molecule has 0 aliphatic carbocycles. The number of aromatic amines is 1. The van der Waals surface area contributed by atoms with Gasteiger partial charge in [0.05, 0.1) is 17.8 Å². The van der Waals surface area contributed by atoms with Gasteiger partial charge in [-0.1, -0.05) is 20.8 Å². The average Bonchev–Trinajstić information content (AvgIpc) is 2.95. The molecule has 1 N–H and O–H groups in total. The van der Waals surface area contributed by atoms with Crippen molar-refractivity contribution in [3.8, 4) is 0 Å². The normalized spacial score (nSPS) is 15.3. The number of hydrogen-bond donors (Lipinski definition) is 1. The standard InChI is InChI=1S/C17H23N3O2/c1-4-12-5-6-13(22-12)9-20-8-7-15-14(10-20)17(21)19-16(18-15)11(2)3/h5-6,11H,4,7-10H2,1-3H3,(H,18,19,21). The summed E-state index contributed by atoms with van der Waals surface area (Å²) >= 11 is 0. The number of H-pyrrole nitrogens is 1. The first kappa shape index (κ1) is 15.0. The molecule has 0 atom stereocenters. The van der Waals surface area contributed by atoms with Crippen molar-refractivity contribution in [1.29, 1.82) is 0 Å². The van der Waals surface area contributed by atoms with Crippen molar-refractivity contribution in [3.05, 3.63) is 51.1 Å². The summed E-state index contributed by atoms with van der Waals surface area (Å²) in [5.74, 6) is 3.00. The molecule has 0 fully saturated rings. The third-order valence-electron chi connectivity index (χ3n) is 4.16. The number of nitrogens with one attached hydrogen (secondary N) is 1. The Balaban J connectivity index is 1.77. The molecule has 0 bridgehead atoms. The molecule has 0 radical (unpaired) electrons. The Hall–Kier alpha value is -1.88. The molecule has 0 saturated heterocycles. The maximum atomic E-state index is 12.3. The first-order valence-corrected chi connectivity index (χ1v) is 7.98. The second kappa shape index (κ2) is 6.08. The van der Waals surface area contributed by atoms with Gasteiger partial charge in [0.2, 0.25) is 0 Å². The van der Waals surface area contributed by atoms with Crippen LogP contribution in [0.15, 0.2) is 21.3 Å². The summed E-state index contributed by atoms with van der Waals surface area (Å²) in [7, 11) is 0. The molecular formula is C17H23N3O2. The van der Waals surface area contributed by atoms with E-state index in [9.17, 15) is 4.79 Å². The van der Waals surface area contributed by atoms with Crippen molar-refractivity contribution >= 4 is 0 Å². The molecule has 5 nitrogen and oxygen atoms in total. The van der Waals surface area contributed by atoms with Gasteiger partial charge in [0.1, 0.15) is 17.3 Å². The van der Waals surface area contributed by atoms with Crippen molar-refractivity contribution < 1.29 is 4.42 Å². The fourth-order valence-corrected chi connectivity index (χ4v) is 2.83.